The SMILES string of the molecule is CCOC[C@@H](CC(C)C)NC(=O)[C@H]1C[C@@H](C(=O)N(CC(C)C)c2cc(OCCCOC)c(C(C)C)cn2)CN(C(=O)OC(C)(C)C)C1. The minimum absolute atomic E-state index is 0.136. The van der Waals surface area contributed by atoms with Crippen LogP contribution in [0.25, 0.3) is 0 Å². The second-order valence-electron chi connectivity index (χ2n) is 14.8. The lowest BCUT2D eigenvalue weighted by molar-refractivity contribution is -0.131. The van der Waals surface area contributed by atoms with Crippen molar-refractivity contribution in [3.63, 3.8) is 0 Å². The van der Waals surface area contributed by atoms with Gasteiger partial charge in [0.15, 0.2) is 0 Å². The number of piperidine rings is 1. The van der Waals surface area contributed by atoms with E-state index in [0.717, 1.165) is 18.4 Å². The summed E-state index contributed by atoms with van der Waals surface area (Å²) in [6.07, 6.45) is 3.03. The first-order chi connectivity index (χ1) is 22.1. The number of methoxy groups -OCH3 is 1. The summed E-state index contributed by atoms with van der Waals surface area (Å²) in [6.45, 7) is 22.5. The summed E-state index contributed by atoms with van der Waals surface area (Å²) in [5.74, 6) is 0.214. The average Bonchev–Trinajstić information content (AvgIpc) is 2.98. The molecule has 11 heteroatoms. The molecule has 1 aromatic heterocycles. The molecule has 1 aliphatic rings. The summed E-state index contributed by atoms with van der Waals surface area (Å²) < 4.78 is 22.7. The van der Waals surface area contributed by atoms with Gasteiger partial charge < -0.3 is 29.2 Å². The van der Waals surface area contributed by atoms with Crippen LogP contribution in [0.4, 0.5) is 10.6 Å². The molecule has 3 amide bonds. The minimum Gasteiger partial charge on any atom is -0.493 e. The van der Waals surface area contributed by atoms with E-state index in [0.29, 0.717) is 56.9 Å². The number of anilines is 1. The third-order valence-corrected chi connectivity index (χ3v) is 7.79. The summed E-state index contributed by atoms with van der Waals surface area (Å²) in [4.78, 5) is 49.6. The van der Waals surface area contributed by atoms with Gasteiger partial charge in [0.05, 0.1) is 31.1 Å². The van der Waals surface area contributed by atoms with Gasteiger partial charge in [-0.15, -0.1) is 0 Å². The molecule has 1 fully saturated rings. The Balaban J connectivity index is 2.45. The normalized spacial score (nSPS) is 17.6. The number of hydrogen-bond acceptors (Lipinski definition) is 8. The number of hydrogen-bond donors (Lipinski definition) is 1. The molecule has 2 rings (SSSR count). The Kier molecular flexibility index (Phi) is 16.4. The monoisotopic (exact) mass is 662 g/mol. The second-order valence-corrected chi connectivity index (χ2v) is 14.8. The Hall–Kier alpha value is -2.92. The van der Waals surface area contributed by atoms with Crippen molar-refractivity contribution in [3.05, 3.63) is 17.8 Å². The molecule has 3 atom stereocenters. The molecule has 0 aromatic carbocycles. The number of ether oxygens (including phenoxy) is 4. The highest BCUT2D eigenvalue weighted by atomic mass is 16.6. The highest BCUT2D eigenvalue weighted by Gasteiger charge is 2.41. The van der Waals surface area contributed by atoms with Gasteiger partial charge in [-0.3, -0.25) is 14.5 Å². The van der Waals surface area contributed by atoms with Crippen LogP contribution in [0.3, 0.4) is 0 Å². The van der Waals surface area contributed by atoms with Crippen molar-refractivity contribution >= 4 is 23.7 Å². The molecular weight excluding hydrogens is 600 g/mol. The van der Waals surface area contributed by atoms with Gasteiger partial charge in [0, 0.05) is 64.2 Å². The molecule has 1 aromatic rings. The van der Waals surface area contributed by atoms with Crippen molar-refractivity contribution in [2.24, 2.45) is 23.7 Å². The van der Waals surface area contributed by atoms with Crippen LogP contribution in [-0.4, -0.2) is 92.6 Å². The maximum absolute atomic E-state index is 14.5. The molecule has 0 unspecified atom stereocenters. The number of pyridine rings is 1. The molecular formula is C36H62N4O7. The maximum atomic E-state index is 14.5. The Bertz CT molecular complexity index is 1130. The van der Waals surface area contributed by atoms with Gasteiger partial charge in [0.25, 0.3) is 0 Å². The molecule has 1 saturated heterocycles. The second kappa shape index (κ2) is 19.2. The standard InChI is InChI=1S/C36H62N4O7/c1-12-45-23-29(16-24(2)3)38-33(41)27-17-28(22-39(21-27)35(43)47-36(8,9)10)34(42)40(20-25(4)5)32-18-31(46-15-13-14-44-11)30(19-37-32)26(6)7/h18-19,24-29H,12-17,20-23H2,1-11H3,(H,38,41)/t27-,28+,29+/m0/s1. The Labute approximate surface area is 283 Å². The smallest absolute Gasteiger partial charge is 0.410 e. The molecule has 0 spiro atoms. The average molecular weight is 663 g/mol. The predicted molar refractivity (Wildman–Crippen MR) is 185 cm³/mol. The van der Waals surface area contributed by atoms with Crippen LogP contribution in [0, 0.1) is 23.7 Å². The number of nitrogens with zero attached hydrogens (tertiary/aromatic N) is 3. The van der Waals surface area contributed by atoms with Crippen LogP contribution >= 0.6 is 0 Å². The summed E-state index contributed by atoms with van der Waals surface area (Å²) in [7, 11) is 1.66. The van der Waals surface area contributed by atoms with Gasteiger partial charge in [-0.1, -0.05) is 41.5 Å². The summed E-state index contributed by atoms with van der Waals surface area (Å²) >= 11 is 0. The van der Waals surface area contributed by atoms with Gasteiger partial charge in [0.1, 0.15) is 17.2 Å². The van der Waals surface area contributed by atoms with E-state index in [1.54, 1.807) is 39.0 Å². The van der Waals surface area contributed by atoms with Gasteiger partial charge >= 0.3 is 6.09 Å². The molecule has 0 radical (unpaired) electrons. The van der Waals surface area contributed by atoms with Crippen LogP contribution in [0.15, 0.2) is 12.3 Å². The van der Waals surface area contributed by atoms with Crippen molar-refractivity contribution < 1.29 is 33.3 Å². The van der Waals surface area contributed by atoms with E-state index in [1.165, 1.54) is 4.90 Å². The first-order valence-electron chi connectivity index (χ1n) is 17.3. The van der Waals surface area contributed by atoms with Crippen LogP contribution in [0.1, 0.15) is 100.0 Å². The molecule has 11 nitrogen and oxygen atoms in total. The van der Waals surface area contributed by atoms with Crippen LogP contribution < -0.4 is 15.0 Å². The topological polar surface area (TPSA) is 120 Å². The van der Waals surface area contributed by atoms with E-state index in [1.807, 2.05) is 26.8 Å². The fourth-order valence-electron chi connectivity index (χ4n) is 5.67. The van der Waals surface area contributed by atoms with Crippen LogP contribution in [-0.2, 0) is 23.8 Å². The van der Waals surface area contributed by atoms with Gasteiger partial charge in [-0.2, -0.15) is 0 Å². The fourth-order valence-corrected chi connectivity index (χ4v) is 5.67. The zero-order chi connectivity index (χ0) is 35.3. The van der Waals surface area contributed by atoms with E-state index >= 15 is 0 Å². The largest absolute Gasteiger partial charge is 0.493 e. The van der Waals surface area contributed by atoms with E-state index in [-0.39, 0.29) is 42.8 Å². The molecule has 0 bridgehead atoms. The number of rotatable bonds is 17. The van der Waals surface area contributed by atoms with E-state index < -0.39 is 23.5 Å². The highest BCUT2D eigenvalue weighted by Crippen LogP contribution is 2.32. The number of likely N-dealkylation sites (tertiary alicyclic amines) is 1. The number of amides is 3. The quantitative estimate of drug-likeness (QED) is 0.200. The predicted octanol–water partition coefficient (Wildman–Crippen LogP) is 6.05. The zero-order valence-corrected chi connectivity index (χ0v) is 30.9. The Morgan fingerprint density at radius 1 is 1.04 bits per heavy atom. The molecule has 268 valence electrons. The third kappa shape index (κ3) is 13.6. The van der Waals surface area contributed by atoms with E-state index in [9.17, 15) is 14.4 Å². The molecule has 0 saturated carbocycles. The van der Waals surface area contributed by atoms with Crippen molar-refractivity contribution in [1.29, 1.82) is 0 Å². The number of carbonyl (C=O) groups excluding carboxylic acids is 3. The molecule has 1 aliphatic heterocycles. The molecule has 2 heterocycles. The number of aromatic nitrogens is 1. The lowest BCUT2D eigenvalue weighted by Gasteiger charge is -2.39. The molecule has 0 aliphatic carbocycles. The first-order valence-corrected chi connectivity index (χ1v) is 17.3. The van der Waals surface area contributed by atoms with E-state index in [4.69, 9.17) is 23.9 Å². The van der Waals surface area contributed by atoms with Crippen LogP contribution in [0.5, 0.6) is 5.75 Å². The first kappa shape index (κ1) is 40.3. The third-order valence-electron chi connectivity index (χ3n) is 7.79. The van der Waals surface area contributed by atoms with Crippen molar-refractivity contribution in [3.8, 4) is 5.75 Å². The summed E-state index contributed by atoms with van der Waals surface area (Å²) in [5, 5.41) is 3.16. The van der Waals surface area contributed by atoms with Gasteiger partial charge in [-0.05, 0) is 58.3 Å². The van der Waals surface area contributed by atoms with Gasteiger partial charge in [-0.25, -0.2) is 9.78 Å². The highest BCUT2D eigenvalue weighted by molar-refractivity contribution is 5.95. The van der Waals surface area contributed by atoms with Gasteiger partial charge in [0.2, 0.25) is 11.8 Å². The van der Waals surface area contributed by atoms with Crippen LogP contribution in [0.2, 0.25) is 0 Å². The summed E-state index contributed by atoms with van der Waals surface area (Å²) in [5.41, 5.74) is 0.230. The molecule has 47 heavy (non-hydrogen) atoms. The minimum atomic E-state index is -0.725. The lowest BCUT2D eigenvalue weighted by Crippen LogP contribution is -2.55. The molecule has 1 N–H and O–H groups in total. The lowest BCUT2D eigenvalue weighted by atomic mass is 9.87. The Morgan fingerprint density at radius 2 is 1.72 bits per heavy atom. The van der Waals surface area contributed by atoms with E-state index in [2.05, 4.69) is 33.0 Å². The Morgan fingerprint density at radius 3 is 2.30 bits per heavy atom. The fraction of sp³-hybridized carbons (Fsp3) is 0.778. The number of nitrogens with one attached hydrogen (secondary N) is 1. The zero-order valence-electron chi connectivity index (χ0n) is 30.9. The maximum Gasteiger partial charge on any atom is 0.410 e. The van der Waals surface area contributed by atoms with Crippen molar-refractivity contribution in [1.82, 2.24) is 15.2 Å². The van der Waals surface area contributed by atoms with Crippen molar-refractivity contribution in [2.45, 2.75) is 106 Å². The summed E-state index contributed by atoms with van der Waals surface area (Å²) in [6, 6.07) is 1.67. The van der Waals surface area contributed by atoms with Crippen molar-refractivity contribution in [2.75, 3.05) is 58.1 Å². The number of carbonyl (C=O) groups is 3.